The number of carbonyl (C=O) groups is 3. The minimum Gasteiger partial charge on any atom is -0.462 e. The summed E-state index contributed by atoms with van der Waals surface area (Å²) in [7, 11) is 0. The molecular formula is C58H104O6. The van der Waals surface area contributed by atoms with Gasteiger partial charge in [0.1, 0.15) is 13.2 Å². The van der Waals surface area contributed by atoms with Crippen LogP contribution in [0.5, 0.6) is 0 Å². The number of hydrogen-bond acceptors (Lipinski definition) is 6. The van der Waals surface area contributed by atoms with E-state index in [1.165, 1.54) is 161 Å². The monoisotopic (exact) mass is 897 g/mol. The maximum atomic E-state index is 12.8. The van der Waals surface area contributed by atoms with Crippen LogP contribution < -0.4 is 0 Å². The second kappa shape index (κ2) is 53.0. The van der Waals surface area contributed by atoms with Crippen LogP contribution in [0.1, 0.15) is 284 Å². The molecule has 0 N–H and O–H groups in total. The molecule has 0 fully saturated rings. The first-order valence-corrected chi connectivity index (χ1v) is 27.6. The highest BCUT2D eigenvalue weighted by Crippen LogP contribution is 2.15. The Morgan fingerprint density at radius 3 is 0.891 bits per heavy atom. The molecule has 0 bridgehead atoms. The third kappa shape index (κ3) is 50.4. The highest BCUT2D eigenvalue weighted by Gasteiger charge is 2.19. The predicted octanol–water partition coefficient (Wildman–Crippen LogP) is 18.3. The van der Waals surface area contributed by atoms with Gasteiger partial charge in [0.2, 0.25) is 0 Å². The standard InChI is InChI=1S/C58H104O6/c1-4-7-10-13-16-18-20-22-24-26-27-28-29-30-31-32-34-35-37-39-42-45-48-51-57(60)63-54-55(53-62-56(59)50-47-44-41-15-12-9-6-3)64-58(61)52-49-46-43-40-38-36-33-25-23-21-19-17-14-11-8-5-2/h20,22,25-27,29-30,33,55H,4-19,21,23-24,28,31-32,34-54H2,1-3H3/b22-20-,27-26-,30-29-,33-25-. The van der Waals surface area contributed by atoms with Gasteiger partial charge < -0.3 is 14.2 Å². The van der Waals surface area contributed by atoms with E-state index in [9.17, 15) is 14.4 Å². The first-order valence-electron chi connectivity index (χ1n) is 27.6. The van der Waals surface area contributed by atoms with Gasteiger partial charge in [-0.05, 0) is 83.5 Å². The van der Waals surface area contributed by atoms with Gasteiger partial charge in [0.25, 0.3) is 0 Å². The summed E-state index contributed by atoms with van der Waals surface area (Å²) in [5.41, 5.74) is 0. The molecule has 6 heteroatoms. The number of unbranched alkanes of at least 4 members (excludes halogenated alkanes) is 31. The molecule has 0 aliphatic heterocycles. The fourth-order valence-corrected chi connectivity index (χ4v) is 7.86. The molecular weight excluding hydrogens is 793 g/mol. The topological polar surface area (TPSA) is 78.9 Å². The van der Waals surface area contributed by atoms with Gasteiger partial charge in [-0.2, -0.15) is 0 Å². The summed E-state index contributed by atoms with van der Waals surface area (Å²) in [6.07, 6.45) is 64.0. The third-order valence-corrected chi connectivity index (χ3v) is 12.1. The van der Waals surface area contributed by atoms with E-state index >= 15 is 0 Å². The van der Waals surface area contributed by atoms with Crippen molar-refractivity contribution in [3.63, 3.8) is 0 Å². The summed E-state index contributed by atoms with van der Waals surface area (Å²) in [6, 6.07) is 0. The van der Waals surface area contributed by atoms with Crippen molar-refractivity contribution in [2.45, 2.75) is 290 Å². The first kappa shape index (κ1) is 61.4. The van der Waals surface area contributed by atoms with Crippen molar-refractivity contribution in [2.75, 3.05) is 13.2 Å². The van der Waals surface area contributed by atoms with Crippen molar-refractivity contribution in [3.8, 4) is 0 Å². The lowest BCUT2D eigenvalue weighted by Crippen LogP contribution is -2.30. The molecule has 0 spiro atoms. The summed E-state index contributed by atoms with van der Waals surface area (Å²) in [5, 5.41) is 0. The van der Waals surface area contributed by atoms with Crippen LogP contribution in [0.3, 0.4) is 0 Å². The van der Waals surface area contributed by atoms with Crippen LogP contribution in [-0.4, -0.2) is 37.2 Å². The Morgan fingerprint density at radius 1 is 0.312 bits per heavy atom. The maximum Gasteiger partial charge on any atom is 0.306 e. The van der Waals surface area contributed by atoms with Crippen LogP contribution in [0.4, 0.5) is 0 Å². The molecule has 0 heterocycles. The summed E-state index contributed by atoms with van der Waals surface area (Å²) in [5.74, 6) is -0.891. The molecule has 0 rings (SSSR count). The van der Waals surface area contributed by atoms with Crippen LogP contribution in [0.15, 0.2) is 48.6 Å². The van der Waals surface area contributed by atoms with Crippen molar-refractivity contribution in [1.29, 1.82) is 0 Å². The Balaban J connectivity index is 4.21. The molecule has 6 nitrogen and oxygen atoms in total. The SMILES string of the molecule is CCCCCCC/C=C\C/C=C\C/C=C\CCCCCCCCCCC(=O)OCC(COC(=O)CCCCCCCCC)OC(=O)CCCCCCC/C=C\CCCCCCCCC. The molecule has 0 radical (unpaired) electrons. The molecule has 372 valence electrons. The molecule has 0 aromatic rings. The number of hydrogen-bond donors (Lipinski definition) is 0. The van der Waals surface area contributed by atoms with Crippen LogP contribution in [-0.2, 0) is 28.6 Å². The van der Waals surface area contributed by atoms with E-state index in [2.05, 4.69) is 69.4 Å². The van der Waals surface area contributed by atoms with Gasteiger partial charge >= 0.3 is 17.9 Å². The average molecular weight is 897 g/mol. The normalized spacial score (nSPS) is 12.4. The summed E-state index contributed by atoms with van der Waals surface area (Å²) in [6.45, 7) is 6.59. The molecule has 0 saturated heterocycles. The van der Waals surface area contributed by atoms with Gasteiger partial charge in [-0.25, -0.2) is 0 Å². The molecule has 64 heavy (non-hydrogen) atoms. The van der Waals surface area contributed by atoms with Crippen molar-refractivity contribution < 1.29 is 28.6 Å². The molecule has 0 amide bonds. The van der Waals surface area contributed by atoms with Gasteiger partial charge in [-0.15, -0.1) is 0 Å². The minimum atomic E-state index is -0.776. The quantitative estimate of drug-likeness (QED) is 0.0262. The van der Waals surface area contributed by atoms with Crippen LogP contribution in [0.2, 0.25) is 0 Å². The van der Waals surface area contributed by atoms with E-state index in [0.717, 1.165) is 83.5 Å². The molecule has 0 aliphatic carbocycles. The van der Waals surface area contributed by atoms with Crippen LogP contribution in [0.25, 0.3) is 0 Å². The maximum absolute atomic E-state index is 12.8. The predicted molar refractivity (Wildman–Crippen MR) is 275 cm³/mol. The van der Waals surface area contributed by atoms with E-state index in [1.807, 2.05) is 0 Å². The summed E-state index contributed by atoms with van der Waals surface area (Å²) < 4.78 is 16.8. The number of carbonyl (C=O) groups excluding carboxylic acids is 3. The molecule has 0 saturated carbocycles. The lowest BCUT2D eigenvalue weighted by atomic mass is 10.1. The smallest absolute Gasteiger partial charge is 0.306 e. The van der Waals surface area contributed by atoms with Crippen molar-refractivity contribution >= 4 is 17.9 Å². The molecule has 0 aromatic heterocycles. The Kier molecular flexibility index (Phi) is 50.8. The van der Waals surface area contributed by atoms with Gasteiger partial charge in [0, 0.05) is 19.3 Å². The average Bonchev–Trinajstić information content (AvgIpc) is 3.29. The second-order valence-electron chi connectivity index (χ2n) is 18.5. The zero-order valence-electron chi connectivity index (χ0n) is 42.6. The highest BCUT2D eigenvalue weighted by atomic mass is 16.6. The van der Waals surface area contributed by atoms with Gasteiger partial charge in [0.05, 0.1) is 0 Å². The fraction of sp³-hybridized carbons (Fsp3) is 0.810. The Hall–Kier alpha value is -2.63. The van der Waals surface area contributed by atoms with Crippen LogP contribution in [0, 0.1) is 0 Å². The summed E-state index contributed by atoms with van der Waals surface area (Å²) >= 11 is 0. The van der Waals surface area contributed by atoms with Gasteiger partial charge in [-0.1, -0.05) is 230 Å². The minimum absolute atomic E-state index is 0.0775. The van der Waals surface area contributed by atoms with Crippen LogP contribution >= 0.6 is 0 Å². The van der Waals surface area contributed by atoms with E-state index in [4.69, 9.17) is 14.2 Å². The van der Waals surface area contributed by atoms with E-state index in [0.29, 0.717) is 19.3 Å². The van der Waals surface area contributed by atoms with Crippen molar-refractivity contribution in [1.82, 2.24) is 0 Å². The van der Waals surface area contributed by atoms with Gasteiger partial charge in [0.15, 0.2) is 6.10 Å². The lowest BCUT2D eigenvalue weighted by Gasteiger charge is -2.18. The zero-order valence-corrected chi connectivity index (χ0v) is 42.6. The second-order valence-corrected chi connectivity index (χ2v) is 18.5. The summed E-state index contributed by atoms with van der Waals surface area (Å²) in [4.78, 5) is 37.9. The zero-order chi connectivity index (χ0) is 46.5. The number of ether oxygens (including phenoxy) is 3. The molecule has 1 atom stereocenters. The molecule has 1 unspecified atom stereocenters. The van der Waals surface area contributed by atoms with E-state index < -0.39 is 6.10 Å². The Labute approximate surface area is 397 Å². The highest BCUT2D eigenvalue weighted by molar-refractivity contribution is 5.71. The number of allylic oxidation sites excluding steroid dienone is 8. The van der Waals surface area contributed by atoms with E-state index in [1.54, 1.807) is 0 Å². The third-order valence-electron chi connectivity index (χ3n) is 12.1. The van der Waals surface area contributed by atoms with Crippen molar-refractivity contribution in [3.05, 3.63) is 48.6 Å². The Morgan fingerprint density at radius 2 is 0.562 bits per heavy atom. The van der Waals surface area contributed by atoms with E-state index in [-0.39, 0.29) is 31.1 Å². The fourth-order valence-electron chi connectivity index (χ4n) is 7.86. The number of esters is 3. The number of rotatable bonds is 50. The first-order chi connectivity index (χ1) is 31.5. The Bertz CT molecular complexity index is 1120. The lowest BCUT2D eigenvalue weighted by molar-refractivity contribution is -0.167. The molecule has 0 aliphatic rings. The van der Waals surface area contributed by atoms with Crippen molar-refractivity contribution in [2.24, 2.45) is 0 Å². The molecule has 0 aromatic carbocycles. The largest absolute Gasteiger partial charge is 0.462 e. The van der Waals surface area contributed by atoms with Gasteiger partial charge in [-0.3, -0.25) is 14.4 Å².